The van der Waals surface area contributed by atoms with E-state index in [1.807, 2.05) is 19.0 Å². The lowest BCUT2D eigenvalue weighted by Crippen LogP contribution is -2.31. The molecule has 9 nitrogen and oxygen atoms in total. The summed E-state index contributed by atoms with van der Waals surface area (Å²) < 4.78 is 26.7. The number of aromatic nitrogens is 3. The second-order valence-corrected chi connectivity index (χ2v) is 8.85. The molecule has 10 heteroatoms. The van der Waals surface area contributed by atoms with E-state index in [-0.39, 0.29) is 11.8 Å². The topological polar surface area (TPSA) is 99.9 Å². The number of carbonyl (C=O) groups is 1. The number of likely N-dealkylation sites (N-methyl/N-ethyl adjacent to an activating group) is 1. The minimum absolute atomic E-state index is 0.0354. The molecule has 0 spiro atoms. The van der Waals surface area contributed by atoms with E-state index < -0.39 is 10.0 Å². The summed E-state index contributed by atoms with van der Waals surface area (Å²) in [7, 11) is 0.684. The molecular weight excluding hydrogens is 356 g/mol. The Balaban J connectivity index is 1.79. The summed E-state index contributed by atoms with van der Waals surface area (Å²) >= 11 is 0. The van der Waals surface area contributed by atoms with Crippen LogP contribution in [0, 0.1) is 0 Å². The highest BCUT2D eigenvalue weighted by Crippen LogP contribution is 2.27. The molecule has 0 radical (unpaired) electrons. The largest absolute Gasteiger partial charge is 0.351 e. The van der Waals surface area contributed by atoms with Crippen molar-refractivity contribution in [3.05, 3.63) is 29.7 Å². The number of nitrogens with zero attached hydrogens (tertiary/aromatic N) is 5. The Hall–Kier alpha value is -2.04. The van der Waals surface area contributed by atoms with Gasteiger partial charge in [-0.1, -0.05) is 0 Å². The maximum atomic E-state index is 12.3. The lowest BCUT2D eigenvalue weighted by molar-refractivity contribution is 0.0950. The van der Waals surface area contributed by atoms with Crippen LogP contribution >= 0.6 is 0 Å². The number of carbonyl (C=O) groups excluding carboxylic acids is 1. The number of fused-ring (bicyclic) bond motifs is 1. The van der Waals surface area contributed by atoms with E-state index in [2.05, 4.69) is 15.5 Å². The van der Waals surface area contributed by atoms with E-state index in [4.69, 9.17) is 0 Å². The molecule has 2 aromatic heterocycles. The van der Waals surface area contributed by atoms with Gasteiger partial charge in [-0.2, -0.15) is 0 Å². The standard InChI is InChI=1S/C16H24N6O3S/c1-20(2)9-7-17-16(23)13-4-5-14-18-19-15(22(14)11-13)12-6-8-21(10-12)26(3,24)25/h4-5,11-12H,6-10H2,1-3H3,(H,17,23). The average Bonchev–Trinajstić information content (AvgIpc) is 3.19. The van der Waals surface area contributed by atoms with E-state index in [9.17, 15) is 13.2 Å². The van der Waals surface area contributed by atoms with Crippen LogP contribution in [0.5, 0.6) is 0 Å². The molecule has 1 aliphatic heterocycles. The third-order valence-corrected chi connectivity index (χ3v) is 5.79. The molecule has 1 amide bonds. The molecular formula is C16H24N6O3S. The predicted molar refractivity (Wildman–Crippen MR) is 97.6 cm³/mol. The van der Waals surface area contributed by atoms with Crippen molar-refractivity contribution in [2.24, 2.45) is 0 Å². The van der Waals surface area contributed by atoms with Gasteiger partial charge in [0.1, 0.15) is 5.82 Å². The second kappa shape index (κ2) is 7.29. The Morgan fingerprint density at radius 3 is 2.77 bits per heavy atom. The van der Waals surface area contributed by atoms with Gasteiger partial charge >= 0.3 is 0 Å². The number of rotatable bonds is 6. The number of hydrogen-bond acceptors (Lipinski definition) is 6. The molecule has 26 heavy (non-hydrogen) atoms. The van der Waals surface area contributed by atoms with Crippen molar-refractivity contribution in [1.29, 1.82) is 0 Å². The van der Waals surface area contributed by atoms with Crippen LogP contribution in [0.4, 0.5) is 0 Å². The summed E-state index contributed by atoms with van der Waals surface area (Å²) in [5, 5.41) is 11.3. The van der Waals surface area contributed by atoms with Gasteiger partial charge in [-0.05, 0) is 32.6 Å². The fraction of sp³-hybridized carbons (Fsp3) is 0.562. The number of hydrogen-bond donors (Lipinski definition) is 1. The van der Waals surface area contributed by atoms with Gasteiger partial charge in [0.05, 0.1) is 11.8 Å². The van der Waals surface area contributed by atoms with Crippen molar-refractivity contribution in [3.8, 4) is 0 Å². The van der Waals surface area contributed by atoms with Crippen LogP contribution in [-0.2, 0) is 10.0 Å². The fourth-order valence-corrected chi connectivity index (χ4v) is 3.94. The Bertz CT molecular complexity index is 908. The van der Waals surface area contributed by atoms with Crippen molar-refractivity contribution in [2.75, 3.05) is 46.5 Å². The van der Waals surface area contributed by atoms with Crippen molar-refractivity contribution < 1.29 is 13.2 Å². The van der Waals surface area contributed by atoms with E-state index >= 15 is 0 Å². The molecule has 1 fully saturated rings. The van der Waals surface area contributed by atoms with Gasteiger partial charge < -0.3 is 10.2 Å². The summed E-state index contributed by atoms with van der Waals surface area (Å²) in [6, 6.07) is 3.47. The van der Waals surface area contributed by atoms with Gasteiger partial charge in [-0.15, -0.1) is 10.2 Å². The predicted octanol–water partition coefficient (Wildman–Crippen LogP) is -0.230. The number of nitrogens with one attached hydrogen (secondary N) is 1. The quantitative estimate of drug-likeness (QED) is 0.743. The molecule has 142 valence electrons. The highest BCUT2D eigenvalue weighted by molar-refractivity contribution is 7.88. The molecule has 3 rings (SSSR count). The molecule has 1 unspecified atom stereocenters. The van der Waals surface area contributed by atoms with Crippen LogP contribution < -0.4 is 5.32 Å². The molecule has 3 heterocycles. The maximum Gasteiger partial charge on any atom is 0.252 e. The lowest BCUT2D eigenvalue weighted by atomic mass is 10.1. The first-order valence-electron chi connectivity index (χ1n) is 8.48. The third kappa shape index (κ3) is 4.02. The number of pyridine rings is 1. The van der Waals surface area contributed by atoms with E-state index in [1.54, 1.807) is 22.7 Å². The zero-order chi connectivity index (χ0) is 18.9. The molecule has 0 saturated carbocycles. The maximum absolute atomic E-state index is 12.3. The van der Waals surface area contributed by atoms with Crippen LogP contribution in [0.15, 0.2) is 18.3 Å². The lowest BCUT2D eigenvalue weighted by Gasteiger charge is -2.13. The second-order valence-electron chi connectivity index (χ2n) is 6.87. The summed E-state index contributed by atoms with van der Waals surface area (Å²) in [6.07, 6.45) is 3.62. The van der Waals surface area contributed by atoms with Crippen molar-refractivity contribution in [1.82, 2.24) is 29.1 Å². The minimum atomic E-state index is -3.21. The van der Waals surface area contributed by atoms with Gasteiger partial charge in [0, 0.05) is 38.3 Å². The first-order chi connectivity index (χ1) is 12.3. The van der Waals surface area contributed by atoms with Gasteiger partial charge in [-0.25, -0.2) is 12.7 Å². The normalized spacial score (nSPS) is 18.7. The molecule has 0 aliphatic carbocycles. The number of amides is 1. The first kappa shape index (κ1) is 18.7. The minimum Gasteiger partial charge on any atom is -0.351 e. The molecule has 2 aromatic rings. The van der Waals surface area contributed by atoms with E-state index in [0.717, 1.165) is 6.54 Å². The summed E-state index contributed by atoms with van der Waals surface area (Å²) in [5.41, 5.74) is 1.16. The summed E-state index contributed by atoms with van der Waals surface area (Å²) in [5.74, 6) is 0.499. The van der Waals surface area contributed by atoms with Gasteiger partial charge in [0.15, 0.2) is 5.65 Å². The zero-order valence-corrected chi connectivity index (χ0v) is 16.0. The van der Waals surface area contributed by atoms with Crippen LogP contribution in [-0.4, -0.2) is 84.7 Å². The van der Waals surface area contributed by atoms with Crippen molar-refractivity contribution >= 4 is 21.6 Å². The van der Waals surface area contributed by atoms with Crippen molar-refractivity contribution in [2.45, 2.75) is 12.3 Å². The SMILES string of the molecule is CN(C)CCNC(=O)c1ccc2nnc(C3CCN(S(C)(=O)=O)C3)n2c1. The zero-order valence-electron chi connectivity index (χ0n) is 15.2. The van der Waals surface area contributed by atoms with E-state index in [1.165, 1.54) is 10.6 Å². The first-order valence-corrected chi connectivity index (χ1v) is 10.3. The molecule has 1 atom stereocenters. The highest BCUT2D eigenvalue weighted by Gasteiger charge is 2.32. The Labute approximate surface area is 153 Å². The molecule has 1 aliphatic rings. The summed E-state index contributed by atoms with van der Waals surface area (Å²) in [6.45, 7) is 2.18. The monoisotopic (exact) mass is 380 g/mol. The Morgan fingerprint density at radius 1 is 1.35 bits per heavy atom. The highest BCUT2D eigenvalue weighted by atomic mass is 32.2. The van der Waals surface area contributed by atoms with Crippen LogP contribution in [0.3, 0.4) is 0 Å². The number of sulfonamides is 1. The molecule has 0 bridgehead atoms. The van der Waals surface area contributed by atoms with Crippen LogP contribution in [0.25, 0.3) is 5.65 Å². The fourth-order valence-electron chi connectivity index (χ4n) is 3.06. The molecule has 1 N–H and O–H groups in total. The van der Waals surface area contributed by atoms with Crippen LogP contribution in [0.1, 0.15) is 28.5 Å². The van der Waals surface area contributed by atoms with Crippen molar-refractivity contribution in [3.63, 3.8) is 0 Å². The Kier molecular flexibility index (Phi) is 5.26. The molecule has 0 aromatic carbocycles. The molecule has 1 saturated heterocycles. The third-order valence-electron chi connectivity index (χ3n) is 4.52. The van der Waals surface area contributed by atoms with Gasteiger partial charge in [0.25, 0.3) is 5.91 Å². The van der Waals surface area contributed by atoms with Gasteiger partial charge in [-0.3, -0.25) is 9.20 Å². The Morgan fingerprint density at radius 2 is 2.12 bits per heavy atom. The smallest absolute Gasteiger partial charge is 0.252 e. The van der Waals surface area contributed by atoms with Gasteiger partial charge in [0.2, 0.25) is 10.0 Å². The average molecular weight is 380 g/mol. The van der Waals surface area contributed by atoms with Crippen LogP contribution in [0.2, 0.25) is 0 Å². The summed E-state index contributed by atoms with van der Waals surface area (Å²) in [4.78, 5) is 14.3. The van der Waals surface area contributed by atoms with E-state index in [0.29, 0.717) is 43.1 Å².